The molecule has 1 fully saturated rings. The van der Waals surface area contributed by atoms with Gasteiger partial charge in [0, 0.05) is 37.8 Å². The molecule has 1 aromatic heterocycles. The highest BCUT2D eigenvalue weighted by atomic mass is 35.5. The fraction of sp³-hybridized carbons (Fsp3) is 0.308. The Morgan fingerprint density at radius 2 is 1.95 bits per heavy atom. The van der Waals surface area contributed by atoms with E-state index in [0.717, 1.165) is 0 Å². The van der Waals surface area contributed by atoms with Gasteiger partial charge in [-0.05, 0) is 24.3 Å². The predicted octanol–water partition coefficient (Wildman–Crippen LogP) is 1.48. The van der Waals surface area contributed by atoms with Gasteiger partial charge in [-0.25, -0.2) is 8.42 Å². The Balaban J connectivity index is 2.16. The van der Waals surface area contributed by atoms with Gasteiger partial charge in [-0.1, -0.05) is 11.6 Å². The zero-order valence-electron chi connectivity index (χ0n) is 10.7. The first-order valence-corrected chi connectivity index (χ1v) is 8.16. The number of sulfonamides is 1. The number of pyridine rings is 1. The van der Waals surface area contributed by atoms with Crippen LogP contribution in [0.5, 0.6) is 0 Å². The van der Waals surface area contributed by atoms with Crippen molar-refractivity contribution >= 4 is 32.5 Å². The topological polar surface area (TPSA) is 62.3 Å². The van der Waals surface area contributed by atoms with E-state index in [1.54, 1.807) is 30.5 Å². The number of halogens is 1. The standard InChI is InChI=1S/C13H14ClN3O2S/c14-11-3-4-12(10-2-1-5-16-13(10)11)20(18,19)17-8-6-15-7-9-17/h1-5,15H,6-9H2. The van der Waals surface area contributed by atoms with Crippen LogP contribution in [0.25, 0.3) is 10.9 Å². The zero-order valence-corrected chi connectivity index (χ0v) is 12.3. The third kappa shape index (κ3) is 2.29. The minimum absolute atomic E-state index is 0.270. The minimum atomic E-state index is -3.51. The normalized spacial score (nSPS) is 17.4. The van der Waals surface area contributed by atoms with Gasteiger partial charge in [-0.2, -0.15) is 4.31 Å². The van der Waals surface area contributed by atoms with Crippen molar-refractivity contribution in [1.29, 1.82) is 0 Å². The fourth-order valence-electron chi connectivity index (χ4n) is 2.36. The number of piperazine rings is 1. The van der Waals surface area contributed by atoms with Crippen molar-refractivity contribution in [1.82, 2.24) is 14.6 Å². The smallest absolute Gasteiger partial charge is 0.243 e. The summed E-state index contributed by atoms with van der Waals surface area (Å²) < 4.78 is 27.0. The molecule has 1 aliphatic heterocycles. The van der Waals surface area contributed by atoms with Crippen molar-refractivity contribution in [3.63, 3.8) is 0 Å². The van der Waals surface area contributed by atoms with E-state index >= 15 is 0 Å². The van der Waals surface area contributed by atoms with Crippen LogP contribution in [0, 0.1) is 0 Å². The summed E-state index contributed by atoms with van der Waals surface area (Å²) >= 11 is 6.08. The molecule has 1 saturated heterocycles. The molecule has 106 valence electrons. The molecular formula is C13H14ClN3O2S. The van der Waals surface area contributed by atoms with Gasteiger partial charge in [0.2, 0.25) is 10.0 Å². The van der Waals surface area contributed by atoms with Crippen molar-refractivity contribution in [2.45, 2.75) is 4.90 Å². The molecule has 1 aliphatic rings. The van der Waals surface area contributed by atoms with E-state index in [1.165, 1.54) is 4.31 Å². The zero-order chi connectivity index (χ0) is 14.2. The molecule has 0 atom stereocenters. The van der Waals surface area contributed by atoms with Crippen molar-refractivity contribution in [2.24, 2.45) is 0 Å². The Bertz CT molecular complexity index is 742. The summed E-state index contributed by atoms with van der Waals surface area (Å²) in [4.78, 5) is 4.44. The second kappa shape index (κ2) is 5.29. The average molecular weight is 312 g/mol. The van der Waals surface area contributed by atoms with E-state index in [1.807, 2.05) is 0 Å². The number of aromatic nitrogens is 1. The van der Waals surface area contributed by atoms with Gasteiger partial charge in [0.05, 0.1) is 15.4 Å². The second-order valence-corrected chi connectivity index (χ2v) is 6.91. The average Bonchev–Trinajstić information content (AvgIpc) is 2.48. The van der Waals surface area contributed by atoms with Crippen LogP contribution in [0.3, 0.4) is 0 Å². The molecule has 2 heterocycles. The van der Waals surface area contributed by atoms with Crippen LogP contribution in [0.2, 0.25) is 5.02 Å². The minimum Gasteiger partial charge on any atom is -0.314 e. The largest absolute Gasteiger partial charge is 0.314 e. The lowest BCUT2D eigenvalue weighted by Gasteiger charge is -2.27. The van der Waals surface area contributed by atoms with Crippen LogP contribution < -0.4 is 5.32 Å². The number of benzene rings is 1. The van der Waals surface area contributed by atoms with E-state index in [2.05, 4.69) is 10.3 Å². The van der Waals surface area contributed by atoms with Crippen LogP contribution in [-0.4, -0.2) is 43.9 Å². The van der Waals surface area contributed by atoms with Crippen LogP contribution in [0.1, 0.15) is 0 Å². The van der Waals surface area contributed by atoms with Gasteiger partial charge in [0.1, 0.15) is 0 Å². The van der Waals surface area contributed by atoms with Gasteiger partial charge < -0.3 is 5.32 Å². The monoisotopic (exact) mass is 311 g/mol. The van der Waals surface area contributed by atoms with E-state index in [0.29, 0.717) is 42.1 Å². The molecule has 0 unspecified atom stereocenters. The highest BCUT2D eigenvalue weighted by Crippen LogP contribution is 2.29. The molecule has 0 amide bonds. The van der Waals surface area contributed by atoms with Gasteiger partial charge >= 0.3 is 0 Å². The molecule has 0 radical (unpaired) electrons. The molecule has 5 nitrogen and oxygen atoms in total. The lowest BCUT2D eigenvalue weighted by molar-refractivity contribution is 0.360. The second-order valence-electron chi connectivity index (χ2n) is 4.60. The highest BCUT2D eigenvalue weighted by molar-refractivity contribution is 7.89. The van der Waals surface area contributed by atoms with Crippen LogP contribution in [-0.2, 0) is 10.0 Å². The summed E-state index contributed by atoms with van der Waals surface area (Å²) in [5.41, 5.74) is 0.519. The van der Waals surface area contributed by atoms with Crippen molar-refractivity contribution < 1.29 is 8.42 Å². The van der Waals surface area contributed by atoms with Gasteiger partial charge in [-0.15, -0.1) is 0 Å². The molecular weight excluding hydrogens is 298 g/mol. The third-order valence-electron chi connectivity index (χ3n) is 3.37. The number of rotatable bonds is 2. The van der Waals surface area contributed by atoms with Crippen LogP contribution in [0.15, 0.2) is 35.4 Å². The van der Waals surface area contributed by atoms with Gasteiger partial charge in [0.15, 0.2) is 0 Å². The summed E-state index contributed by atoms with van der Waals surface area (Å²) in [7, 11) is -3.51. The van der Waals surface area contributed by atoms with Crippen molar-refractivity contribution in [2.75, 3.05) is 26.2 Å². The molecule has 1 N–H and O–H groups in total. The number of nitrogens with one attached hydrogen (secondary N) is 1. The number of fused-ring (bicyclic) bond motifs is 1. The Labute approximate surface area is 122 Å². The summed E-state index contributed by atoms with van der Waals surface area (Å²) in [6.45, 7) is 2.30. The summed E-state index contributed by atoms with van der Waals surface area (Å²) in [5, 5.41) is 4.17. The Kier molecular flexibility index (Phi) is 3.64. The maximum absolute atomic E-state index is 12.7. The number of nitrogens with zero attached hydrogens (tertiary/aromatic N) is 2. The van der Waals surface area contributed by atoms with Crippen LogP contribution >= 0.6 is 11.6 Å². The Morgan fingerprint density at radius 3 is 2.70 bits per heavy atom. The summed E-state index contributed by atoms with van der Waals surface area (Å²) in [6.07, 6.45) is 1.61. The molecule has 0 aliphatic carbocycles. The lowest BCUT2D eigenvalue weighted by Crippen LogP contribution is -2.46. The van der Waals surface area contributed by atoms with Crippen molar-refractivity contribution in [3.8, 4) is 0 Å². The molecule has 2 aromatic rings. The van der Waals surface area contributed by atoms with E-state index in [9.17, 15) is 8.42 Å². The Morgan fingerprint density at radius 1 is 1.20 bits per heavy atom. The van der Waals surface area contributed by atoms with E-state index < -0.39 is 10.0 Å². The lowest BCUT2D eigenvalue weighted by atomic mass is 10.2. The van der Waals surface area contributed by atoms with E-state index in [-0.39, 0.29) is 4.90 Å². The SMILES string of the molecule is O=S(=O)(c1ccc(Cl)c2ncccc12)N1CCNCC1. The summed E-state index contributed by atoms with van der Waals surface area (Å²) in [6, 6.07) is 6.61. The molecule has 0 spiro atoms. The van der Waals surface area contributed by atoms with Crippen molar-refractivity contribution in [3.05, 3.63) is 35.5 Å². The fourth-order valence-corrected chi connectivity index (χ4v) is 4.20. The number of hydrogen-bond acceptors (Lipinski definition) is 4. The quantitative estimate of drug-likeness (QED) is 0.912. The Hall–Kier alpha value is -1.21. The van der Waals surface area contributed by atoms with Gasteiger partial charge in [-0.3, -0.25) is 4.98 Å². The molecule has 7 heteroatoms. The highest BCUT2D eigenvalue weighted by Gasteiger charge is 2.27. The molecule has 20 heavy (non-hydrogen) atoms. The first-order chi connectivity index (χ1) is 9.60. The number of hydrogen-bond donors (Lipinski definition) is 1. The molecule has 0 bridgehead atoms. The predicted molar refractivity (Wildman–Crippen MR) is 78.4 cm³/mol. The molecule has 0 saturated carbocycles. The van der Waals surface area contributed by atoms with E-state index in [4.69, 9.17) is 11.6 Å². The molecule has 1 aromatic carbocycles. The maximum Gasteiger partial charge on any atom is 0.243 e. The summed E-state index contributed by atoms with van der Waals surface area (Å²) in [5.74, 6) is 0. The van der Waals surface area contributed by atoms with Crippen LogP contribution in [0.4, 0.5) is 0 Å². The molecule has 3 rings (SSSR count). The third-order valence-corrected chi connectivity index (χ3v) is 5.64. The first-order valence-electron chi connectivity index (χ1n) is 6.35. The van der Waals surface area contributed by atoms with Gasteiger partial charge in [0.25, 0.3) is 0 Å². The first kappa shape index (κ1) is 13.8. The maximum atomic E-state index is 12.7.